The van der Waals surface area contributed by atoms with Gasteiger partial charge in [0.1, 0.15) is 5.75 Å². The van der Waals surface area contributed by atoms with Crippen molar-refractivity contribution in [2.45, 2.75) is 66.0 Å². The zero-order valence-electron chi connectivity index (χ0n) is 13.5. The Morgan fingerprint density at radius 2 is 2.10 bits per heavy atom. The maximum Gasteiger partial charge on any atom is 0.128 e. The van der Waals surface area contributed by atoms with Crippen LogP contribution >= 0.6 is 0 Å². The highest BCUT2D eigenvalue weighted by molar-refractivity contribution is 5.41. The van der Waals surface area contributed by atoms with Crippen LogP contribution in [0.25, 0.3) is 0 Å². The van der Waals surface area contributed by atoms with Crippen molar-refractivity contribution >= 4 is 0 Å². The van der Waals surface area contributed by atoms with Crippen LogP contribution in [0.4, 0.5) is 0 Å². The molecule has 1 aliphatic rings. The summed E-state index contributed by atoms with van der Waals surface area (Å²) in [5, 5.41) is 3.72. The fourth-order valence-corrected chi connectivity index (χ4v) is 3.34. The van der Waals surface area contributed by atoms with Gasteiger partial charge in [-0.3, -0.25) is 4.98 Å². The lowest BCUT2D eigenvalue weighted by atomic mass is 9.73. The van der Waals surface area contributed by atoms with Crippen molar-refractivity contribution in [3.8, 4) is 5.75 Å². The summed E-state index contributed by atoms with van der Waals surface area (Å²) >= 11 is 0. The van der Waals surface area contributed by atoms with E-state index in [2.05, 4.69) is 31.1 Å². The van der Waals surface area contributed by atoms with Gasteiger partial charge in [-0.25, -0.2) is 0 Å². The van der Waals surface area contributed by atoms with Crippen LogP contribution in [0.15, 0.2) is 6.20 Å². The molecule has 1 unspecified atom stereocenters. The van der Waals surface area contributed by atoms with Crippen molar-refractivity contribution in [3.63, 3.8) is 0 Å². The number of ether oxygens (including phenoxy) is 1. The van der Waals surface area contributed by atoms with E-state index in [1.807, 2.05) is 13.1 Å². The second-order valence-corrected chi connectivity index (χ2v) is 6.71. The van der Waals surface area contributed by atoms with Crippen molar-refractivity contribution in [1.82, 2.24) is 10.3 Å². The quantitative estimate of drug-likeness (QED) is 0.909. The first-order valence-electron chi connectivity index (χ1n) is 7.68. The van der Waals surface area contributed by atoms with E-state index in [-0.39, 0.29) is 0 Å². The number of aryl methyl sites for hydroxylation is 1. The maximum absolute atomic E-state index is 5.48. The average Bonchev–Trinajstić information content (AvgIpc) is 2.39. The molecular weight excluding hydrogens is 248 g/mol. The Labute approximate surface area is 123 Å². The lowest BCUT2D eigenvalue weighted by molar-refractivity contribution is 0.166. The van der Waals surface area contributed by atoms with E-state index in [4.69, 9.17) is 4.74 Å². The summed E-state index contributed by atoms with van der Waals surface area (Å²) in [6.45, 7) is 9.72. The molecule has 1 aromatic rings. The van der Waals surface area contributed by atoms with Crippen LogP contribution in [-0.4, -0.2) is 18.1 Å². The molecule has 1 atom stereocenters. The molecule has 0 aromatic carbocycles. The zero-order chi connectivity index (χ0) is 14.8. The minimum Gasteiger partial charge on any atom is -0.496 e. The lowest BCUT2D eigenvalue weighted by Crippen LogP contribution is -2.43. The molecule has 0 amide bonds. The molecule has 1 aliphatic carbocycles. The molecule has 20 heavy (non-hydrogen) atoms. The number of nitrogens with zero attached hydrogens (tertiary/aromatic N) is 1. The Hall–Kier alpha value is -1.09. The average molecular weight is 276 g/mol. The maximum atomic E-state index is 5.48. The van der Waals surface area contributed by atoms with Crippen molar-refractivity contribution in [2.24, 2.45) is 5.41 Å². The smallest absolute Gasteiger partial charge is 0.128 e. The first-order chi connectivity index (χ1) is 9.45. The fourth-order valence-electron chi connectivity index (χ4n) is 3.34. The molecular formula is C17H28N2O. The summed E-state index contributed by atoms with van der Waals surface area (Å²) in [4.78, 5) is 4.58. The van der Waals surface area contributed by atoms with Gasteiger partial charge in [0.2, 0.25) is 0 Å². The summed E-state index contributed by atoms with van der Waals surface area (Å²) in [5.41, 5.74) is 3.76. The lowest BCUT2D eigenvalue weighted by Gasteiger charge is -2.39. The fraction of sp³-hybridized carbons (Fsp3) is 0.706. The number of aromatic nitrogens is 1. The predicted molar refractivity (Wildman–Crippen MR) is 83.1 cm³/mol. The summed E-state index contributed by atoms with van der Waals surface area (Å²) in [7, 11) is 1.73. The standard InChI is InChI=1S/C17H28N2O/c1-12-10-18-14(13(2)16(12)20-5)11-19-15-8-6-7-9-17(15,3)4/h10,15,19H,6-9,11H2,1-5H3. The van der Waals surface area contributed by atoms with E-state index < -0.39 is 0 Å². The van der Waals surface area contributed by atoms with E-state index in [1.165, 1.54) is 25.7 Å². The van der Waals surface area contributed by atoms with E-state index >= 15 is 0 Å². The molecule has 1 fully saturated rings. The van der Waals surface area contributed by atoms with Gasteiger partial charge in [-0.05, 0) is 32.1 Å². The number of nitrogens with one attached hydrogen (secondary N) is 1. The Kier molecular flexibility index (Phi) is 4.69. The van der Waals surface area contributed by atoms with Gasteiger partial charge >= 0.3 is 0 Å². The number of pyridine rings is 1. The van der Waals surface area contributed by atoms with Crippen LogP contribution < -0.4 is 10.1 Å². The molecule has 0 spiro atoms. The predicted octanol–water partition coefficient (Wildman–Crippen LogP) is 3.77. The van der Waals surface area contributed by atoms with Crippen LogP contribution in [0.1, 0.15) is 56.4 Å². The minimum absolute atomic E-state index is 0.390. The summed E-state index contributed by atoms with van der Waals surface area (Å²) in [6, 6.07) is 0.588. The number of hydrogen-bond acceptors (Lipinski definition) is 3. The third kappa shape index (κ3) is 3.14. The van der Waals surface area contributed by atoms with Crippen LogP contribution in [0.2, 0.25) is 0 Å². The van der Waals surface area contributed by atoms with E-state index in [9.17, 15) is 0 Å². The Balaban J connectivity index is 2.07. The van der Waals surface area contributed by atoms with Gasteiger partial charge in [-0.15, -0.1) is 0 Å². The minimum atomic E-state index is 0.390. The third-order valence-corrected chi connectivity index (χ3v) is 4.77. The van der Waals surface area contributed by atoms with Gasteiger partial charge in [0, 0.05) is 29.9 Å². The van der Waals surface area contributed by atoms with Crippen molar-refractivity contribution < 1.29 is 4.74 Å². The SMILES string of the molecule is COc1c(C)cnc(CNC2CCCCC2(C)C)c1C. The second-order valence-electron chi connectivity index (χ2n) is 6.71. The molecule has 2 rings (SSSR count). The highest BCUT2D eigenvalue weighted by Crippen LogP contribution is 2.35. The summed E-state index contributed by atoms with van der Waals surface area (Å²) in [6.07, 6.45) is 7.20. The van der Waals surface area contributed by atoms with Gasteiger partial charge in [0.25, 0.3) is 0 Å². The van der Waals surface area contributed by atoms with Crippen molar-refractivity contribution in [2.75, 3.05) is 7.11 Å². The van der Waals surface area contributed by atoms with Gasteiger partial charge in [-0.2, -0.15) is 0 Å². The van der Waals surface area contributed by atoms with Crippen molar-refractivity contribution in [3.05, 3.63) is 23.0 Å². The molecule has 0 radical (unpaired) electrons. The monoisotopic (exact) mass is 276 g/mol. The first-order valence-corrected chi connectivity index (χ1v) is 7.68. The van der Waals surface area contributed by atoms with Crippen molar-refractivity contribution in [1.29, 1.82) is 0 Å². The number of hydrogen-bond donors (Lipinski definition) is 1. The molecule has 3 heteroatoms. The zero-order valence-corrected chi connectivity index (χ0v) is 13.5. The second kappa shape index (κ2) is 6.13. The number of methoxy groups -OCH3 is 1. The van der Waals surface area contributed by atoms with Crippen LogP contribution in [0, 0.1) is 19.3 Å². The van der Waals surface area contributed by atoms with Gasteiger partial charge in [0.15, 0.2) is 0 Å². The first kappa shape index (κ1) is 15.3. The topological polar surface area (TPSA) is 34.1 Å². The Morgan fingerprint density at radius 1 is 1.35 bits per heavy atom. The van der Waals surface area contributed by atoms with Gasteiger partial charge in [-0.1, -0.05) is 26.7 Å². The molecule has 0 saturated heterocycles. The molecule has 1 heterocycles. The van der Waals surface area contributed by atoms with Crippen LogP contribution in [0.3, 0.4) is 0 Å². The normalized spacial score (nSPS) is 21.8. The molecule has 1 aromatic heterocycles. The van der Waals surface area contributed by atoms with E-state index in [0.717, 1.165) is 29.1 Å². The summed E-state index contributed by atoms with van der Waals surface area (Å²) in [5.74, 6) is 0.972. The largest absolute Gasteiger partial charge is 0.496 e. The number of rotatable bonds is 4. The van der Waals surface area contributed by atoms with Gasteiger partial charge in [0.05, 0.1) is 12.8 Å². The van der Waals surface area contributed by atoms with Crippen LogP contribution in [-0.2, 0) is 6.54 Å². The van der Waals surface area contributed by atoms with Crippen LogP contribution in [0.5, 0.6) is 5.75 Å². The molecule has 112 valence electrons. The van der Waals surface area contributed by atoms with Gasteiger partial charge < -0.3 is 10.1 Å². The molecule has 0 bridgehead atoms. The highest BCUT2D eigenvalue weighted by Gasteiger charge is 2.31. The molecule has 0 aliphatic heterocycles. The van der Waals surface area contributed by atoms with E-state index in [0.29, 0.717) is 11.5 Å². The Morgan fingerprint density at radius 3 is 2.75 bits per heavy atom. The molecule has 1 saturated carbocycles. The molecule has 3 nitrogen and oxygen atoms in total. The Bertz CT molecular complexity index is 468. The summed E-state index contributed by atoms with van der Waals surface area (Å²) < 4.78 is 5.48. The van der Waals surface area contributed by atoms with E-state index in [1.54, 1.807) is 7.11 Å². The highest BCUT2D eigenvalue weighted by atomic mass is 16.5. The molecule has 1 N–H and O–H groups in total. The third-order valence-electron chi connectivity index (χ3n) is 4.77.